The van der Waals surface area contributed by atoms with Crippen LogP contribution in [0.15, 0.2) is 27.1 Å². The van der Waals surface area contributed by atoms with Crippen LogP contribution in [0.3, 0.4) is 0 Å². The van der Waals surface area contributed by atoms with Gasteiger partial charge in [-0.3, -0.25) is 0 Å². The Morgan fingerprint density at radius 2 is 0.765 bits per heavy atom. The molecule has 0 unspecified atom stereocenters. The largest absolute Gasteiger partial charge is 0.257 e. The first-order valence-corrected chi connectivity index (χ1v) is 27.8. The van der Waals surface area contributed by atoms with E-state index < -0.39 is 38.7 Å². The quantitative estimate of drug-likeness (QED) is 0.164. The molecule has 22 heteroatoms. The third-order valence-corrected chi connectivity index (χ3v) is 31.6. The van der Waals surface area contributed by atoms with E-state index in [1.54, 1.807) is 0 Å². The highest BCUT2D eigenvalue weighted by molar-refractivity contribution is 8.23. The molecule has 1 fully saturated rings. The smallest absolute Gasteiger partial charge is 0.185 e. The molecule has 0 aliphatic carbocycles. The molecule has 3 heterocycles. The summed E-state index contributed by atoms with van der Waals surface area (Å²) in [7, 11) is -5.91. The van der Waals surface area contributed by atoms with Crippen LogP contribution in [0, 0.1) is 0 Å². The van der Waals surface area contributed by atoms with Crippen molar-refractivity contribution in [1.82, 2.24) is 8.88 Å². The zero-order chi connectivity index (χ0) is 25.5. The van der Waals surface area contributed by atoms with Gasteiger partial charge in [-0.25, -0.2) is 0 Å². The zero-order valence-corrected chi connectivity index (χ0v) is 29.8. The van der Waals surface area contributed by atoms with Crippen LogP contribution in [0.1, 0.15) is 65.2 Å². The fourth-order valence-electron chi connectivity index (χ4n) is 3.74. The SMILES string of the molecule is CCCCCCN1P2(=NP(Cl)(Cl)=NP(Cl)(Cl)=N2)N(CCCCCC)P12=NP(Cl)(Cl)=NP(Cl)(Cl)=N2. The Bertz CT molecular complexity index is 1010. The first-order chi connectivity index (χ1) is 15.6. The molecule has 3 aliphatic rings. The molecule has 0 bridgehead atoms. The Morgan fingerprint density at radius 1 is 0.441 bits per heavy atom. The lowest BCUT2D eigenvalue weighted by molar-refractivity contribution is 0.467. The molecule has 0 aromatic heterocycles. The van der Waals surface area contributed by atoms with E-state index in [0.29, 0.717) is 13.1 Å². The highest BCUT2D eigenvalue weighted by atomic mass is 35.9. The molecular weight excluding hydrogens is 726 g/mol. The molecule has 2 spiro atoms. The van der Waals surface area contributed by atoms with E-state index in [-0.39, 0.29) is 0 Å². The Balaban J connectivity index is 2.24. The molecule has 0 aromatic rings. The van der Waals surface area contributed by atoms with Gasteiger partial charge in [0.25, 0.3) is 23.6 Å². The second-order valence-electron chi connectivity index (χ2n) is 7.75. The topological polar surface area (TPSA) is 80.6 Å². The second kappa shape index (κ2) is 12.2. The minimum Gasteiger partial charge on any atom is -0.185 e. The van der Waals surface area contributed by atoms with Crippen molar-refractivity contribution < 1.29 is 0 Å². The lowest BCUT2D eigenvalue weighted by Gasteiger charge is -2.59. The molecule has 3 rings (SSSR count). The van der Waals surface area contributed by atoms with Gasteiger partial charge in [-0.05, 0) is 103 Å². The fourth-order valence-corrected chi connectivity index (χ4v) is 40.2. The Labute approximate surface area is 241 Å². The number of hydrogen-bond acceptors (Lipinski definition) is 8. The van der Waals surface area contributed by atoms with Gasteiger partial charge in [-0.2, -0.15) is 36.0 Å². The van der Waals surface area contributed by atoms with Gasteiger partial charge in [-0.15, -0.1) is 0 Å². The molecule has 0 atom stereocenters. The summed E-state index contributed by atoms with van der Waals surface area (Å²) in [4.78, 5) is 0. The highest BCUT2D eigenvalue weighted by Gasteiger charge is 2.64. The van der Waals surface area contributed by atoms with Crippen LogP contribution >= 0.6 is 129 Å². The first kappa shape index (κ1) is 32.1. The van der Waals surface area contributed by atoms with Crippen LogP contribution in [0.2, 0.25) is 0 Å². The van der Waals surface area contributed by atoms with Crippen LogP contribution < -0.4 is 0 Å². The van der Waals surface area contributed by atoms with Crippen LogP contribution in [0.4, 0.5) is 0 Å². The highest BCUT2D eigenvalue weighted by Crippen LogP contribution is 3.02. The lowest BCUT2D eigenvalue weighted by Crippen LogP contribution is -2.42. The molecule has 0 radical (unpaired) electrons. The summed E-state index contributed by atoms with van der Waals surface area (Å²) < 4.78 is 31.6. The number of rotatable bonds is 10. The summed E-state index contributed by atoms with van der Waals surface area (Å²) in [5, 5.41) is 0. The fraction of sp³-hybridized carbons (Fsp3) is 1.00. The standard InChI is InChI=1S/C12H26Cl8N8P6/c1-3-5-7-9-11-27-33(23-29(13,14)21-30(15,16)24-33)28(12-10-8-6-4-2)34(27)25-31(17,18)22-32(19,20)26-34/h3-12H2,1-2H3. The van der Waals surface area contributed by atoms with Crippen molar-refractivity contribution in [2.45, 2.75) is 65.2 Å². The number of halogens is 8. The maximum absolute atomic E-state index is 6.55. The van der Waals surface area contributed by atoms with Gasteiger partial charge in [0.15, 0.2) is 0 Å². The molecule has 200 valence electrons. The molecule has 3 aliphatic heterocycles. The van der Waals surface area contributed by atoms with Crippen LogP contribution in [-0.4, -0.2) is 22.0 Å². The Hall–Kier alpha value is 3.62. The van der Waals surface area contributed by atoms with Crippen LogP contribution in [0.5, 0.6) is 0 Å². The van der Waals surface area contributed by atoms with E-state index in [0.717, 1.165) is 51.4 Å². The Morgan fingerprint density at radius 3 is 1.06 bits per heavy atom. The molecule has 0 saturated carbocycles. The van der Waals surface area contributed by atoms with Gasteiger partial charge >= 0.3 is 0 Å². The molecule has 0 N–H and O–H groups in total. The summed E-state index contributed by atoms with van der Waals surface area (Å²) in [6.45, 7) is 5.39. The summed E-state index contributed by atoms with van der Waals surface area (Å²) in [5.74, 6) is -12.8. The molecule has 0 aromatic carbocycles. The molecule has 0 amide bonds. The van der Waals surface area contributed by atoms with Crippen molar-refractivity contribution >= 4 is 129 Å². The van der Waals surface area contributed by atoms with E-state index in [1.807, 2.05) is 8.88 Å². The minimum atomic E-state index is -3.19. The van der Waals surface area contributed by atoms with E-state index in [9.17, 15) is 0 Å². The Kier molecular flexibility index (Phi) is 11.6. The minimum absolute atomic E-state index is 0.552. The summed E-state index contributed by atoms with van der Waals surface area (Å²) in [5.41, 5.74) is 0. The number of unbranched alkanes of at least 4 members (excludes halogenated alkanes) is 6. The monoisotopic (exact) mass is 748 g/mol. The third-order valence-electron chi connectivity index (χ3n) is 5.00. The van der Waals surface area contributed by atoms with Crippen molar-refractivity contribution in [1.29, 1.82) is 0 Å². The van der Waals surface area contributed by atoms with Crippen molar-refractivity contribution in [3.63, 3.8) is 0 Å². The zero-order valence-electron chi connectivity index (χ0n) is 18.4. The predicted octanol–water partition coefficient (Wildman–Crippen LogP) is 15.4. The van der Waals surface area contributed by atoms with Crippen molar-refractivity contribution in [3.8, 4) is 0 Å². The molecule has 8 nitrogen and oxygen atoms in total. The molecular formula is C12H26Cl8N8P6. The second-order valence-corrected chi connectivity index (χ2v) is 33.8. The summed E-state index contributed by atoms with van der Waals surface area (Å²) in [6, 6.07) is 0. The number of hydrogen-bond donors (Lipinski definition) is 0. The van der Waals surface area contributed by atoms with Gasteiger partial charge in [0.2, 0.25) is 15.0 Å². The van der Waals surface area contributed by atoms with Crippen molar-refractivity contribution in [3.05, 3.63) is 0 Å². The van der Waals surface area contributed by atoms with Crippen LogP contribution in [-0.2, 0) is 0 Å². The van der Waals surface area contributed by atoms with E-state index in [2.05, 4.69) is 22.9 Å². The van der Waals surface area contributed by atoms with Gasteiger partial charge < -0.3 is 0 Å². The van der Waals surface area contributed by atoms with Crippen LogP contribution in [0.25, 0.3) is 0 Å². The molecule has 34 heavy (non-hydrogen) atoms. The maximum atomic E-state index is 6.55. The van der Waals surface area contributed by atoms with E-state index in [1.165, 1.54) is 0 Å². The van der Waals surface area contributed by atoms with Gasteiger partial charge in [-0.1, -0.05) is 52.4 Å². The summed E-state index contributed by atoms with van der Waals surface area (Å²) >= 11 is 52.4. The predicted molar refractivity (Wildman–Crippen MR) is 165 cm³/mol. The van der Waals surface area contributed by atoms with Crippen molar-refractivity contribution in [2.75, 3.05) is 13.1 Å². The average Bonchev–Trinajstić information content (AvgIpc) is 2.62. The third kappa shape index (κ3) is 7.47. The van der Waals surface area contributed by atoms with Gasteiger partial charge in [0.1, 0.15) is 0 Å². The van der Waals surface area contributed by atoms with Crippen molar-refractivity contribution in [2.24, 2.45) is 27.1 Å². The normalized spacial score (nSPS) is 27.4. The maximum Gasteiger partial charge on any atom is 0.257 e. The van der Waals surface area contributed by atoms with E-state index in [4.69, 9.17) is 108 Å². The first-order valence-electron chi connectivity index (χ1n) is 10.6. The summed E-state index contributed by atoms with van der Waals surface area (Å²) in [6.07, 6.45) is 7.97. The van der Waals surface area contributed by atoms with Gasteiger partial charge in [0, 0.05) is 13.1 Å². The lowest BCUT2D eigenvalue weighted by atomic mass is 10.2. The average molecular weight is 752 g/mol. The van der Waals surface area contributed by atoms with Gasteiger partial charge in [0.05, 0.1) is 0 Å². The molecule has 1 saturated heterocycles. The van der Waals surface area contributed by atoms with E-state index >= 15 is 0 Å². The number of nitrogens with zero attached hydrogens (tertiary/aromatic N) is 8.